The first-order valence-corrected chi connectivity index (χ1v) is 7.77. The van der Waals surface area contributed by atoms with Crippen molar-refractivity contribution in [3.8, 4) is 0 Å². The molecule has 0 bridgehead atoms. The number of allylic oxidation sites excluding steroid dienone is 1. The second-order valence-corrected chi connectivity index (χ2v) is 5.83. The molecule has 0 aliphatic rings. The fourth-order valence-electron chi connectivity index (χ4n) is 1.91. The molecule has 118 valence electrons. The van der Waals surface area contributed by atoms with Crippen molar-refractivity contribution in [2.75, 3.05) is 12.9 Å². The molecule has 0 aliphatic carbocycles. The Balaban J connectivity index is 4.78. The number of nitrogens with zero attached hydrogens (tertiary/aromatic N) is 1. The number of aliphatic hydroxyl groups excluding tert-OH is 1. The van der Waals surface area contributed by atoms with Gasteiger partial charge in [0.1, 0.15) is 0 Å². The number of hydrogen-bond acceptors (Lipinski definition) is 3. The van der Waals surface area contributed by atoms with Crippen molar-refractivity contribution in [1.29, 1.82) is 0 Å². The molecule has 0 aromatic heterocycles. The first kappa shape index (κ1) is 19.7. The van der Waals surface area contributed by atoms with Crippen LogP contribution in [0, 0.1) is 5.92 Å². The third kappa shape index (κ3) is 6.44. The van der Waals surface area contributed by atoms with Gasteiger partial charge in [-0.2, -0.15) is 0 Å². The number of halogens is 2. The van der Waals surface area contributed by atoms with Gasteiger partial charge in [-0.1, -0.05) is 13.0 Å². The molecular formula is C14H26Cl2N2O2. The first-order chi connectivity index (χ1) is 9.38. The average molecular weight is 325 g/mol. The largest absolute Gasteiger partial charge is 0.390 e. The van der Waals surface area contributed by atoms with Crippen molar-refractivity contribution in [3.63, 3.8) is 0 Å². The summed E-state index contributed by atoms with van der Waals surface area (Å²) < 4.78 is 1.10. The minimum absolute atomic E-state index is 0.0449. The zero-order valence-corrected chi connectivity index (χ0v) is 14.0. The van der Waals surface area contributed by atoms with Crippen LogP contribution in [0.15, 0.2) is 12.7 Å². The van der Waals surface area contributed by atoms with E-state index in [0.29, 0.717) is 12.3 Å². The molecule has 0 aromatic carbocycles. The van der Waals surface area contributed by atoms with E-state index < -0.39 is 18.2 Å². The van der Waals surface area contributed by atoms with Crippen molar-refractivity contribution in [2.24, 2.45) is 5.92 Å². The number of carbonyl (C=O) groups excluding carboxylic acids is 1. The van der Waals surface area contributed by atoms with Crippen molar-refractivity contribution in [3.05, 3.63) is 12.7 Å². The molecule has 0 heterocycles. The summed E-state index contributed by atoms with van der Waals surface area (Å²) >= 11 is 11.8. The van der Waals surface area contributed by atoms with Crippen molar-refractivity contribution >= 4 is 29.3 Å². The Kier molecular flexibility index (Phi) is 10.3. The lowest BCUT2D eigenvalue weighted by atomic mass is 9.94. The normalized spacial score (nSPS) is 17.1. The van der Waals surface area contributed by atoms with Crippen LogP contribution in [0.25, 0.3) is 0 Å². The van der Waals surface area contributed by atoms with Gasteiger partial charge in [0, 0.05) is 11.8 Å². The predicted octanol–water partition coefficient (Wildman–Crippen LogP) is 2.54. The molecule has 1 amide bonds. The minimum Gasteiger partial charge on any atom is -0.390 e. The van der Waals surface area contributed by atoms with Crippen LogP contribution in [0.3, 0.4) is 0 Å². The Morgan fingerprint density at radius 1 is 1.50 bits per heavy atom. The lowest BCUT2D eigenvalue weighted by molar-refractivity contribution is -0.131. The molecule has 0 rings (SSSR count). The van der Waals surface area contributed by atoms with Gasteiger partial charge in [0.2, 0.25) is 0 Å². The number of aliphatic hydroxyl groups is 1. The fraction of sp³-hybridized carbons (Fsp3) is 0.786. The van der Waals surface area contributed by atoms with E-state index in [2.05, 4.69) is 18.8 Å². The van der Waals surface area contributed by atoms with Gasteiger partial charge in [0.15, 0.2) is 0 Å². The summed E-state index contributed by atoms with van der Waals surface area (Å²) in [4.78, 5) is 12.1. The summed E-state index contributed by atoms with van der Waals surface area (Å²) in [5.74, 6) is 0.0950. The maximum absolute atomic E-state index is 12.1. The molecule has 0 fully saturated rings. The zero-order chi connectivity index (χ0) is 15.7. The maximum atomic E-state index is 12.1. The summed E-state index contributed by atoms with van der Waals surface area (Å²) in [6, 6.07) is -0.890. The molecule has 0 spiro atoms. The van der Waals surface area contributed by atoms with E-state index in [4.69, 9.17) is 23.4 Å². The van der Waals surface area contributed by atoms with Crippen LogP contribution in [0.2, 0.25) is 0 Å². The summed E-state index contributed by atoms with van der Waals surface area (Å²) in [7, 11) is 1.69. The second kappa shape index (κ2) is 10.4. The molecular weight excluding hydrogens is 299 g/mol. The molecule has 0 aliphatic heterocycles. The van der Waals surface area contributed by atoms with Gasteiger partial charge in [0.25, 0.3) is 5.91 Å². The molecule has 0 aromatic rings. The van der Waals surface area contributed by atoms with Crippen LogP contribution < -0.4 is 5.32 Å². The van der Waals surface area contributed by atoms with Crippen LogP contribution >= 0.6 is 23.4 Å². The molecule has 20 heavy (non-hydrogen) atoms. The lowest BCUT2D eigenvalue weighted by Crippen LogP contribution is -2.49. The number of amides is 1. The third-order valence-electron chi connectivity index (χ3n) is 3.41. The fourth-order valence-corrected chi connectivity index (χ4v) is 2.47. The monoisotopic (exact) mass is 324 g/mol. The third-order valence-corrected chi connectivity index (χ3v) is 4.15. The highest BCUT2D eigenvalue weighted by atomic mass is 35.5. The van der Waals surface area contributed by atoms with Gasteiger partial charge in [0.05, 0.1) is 24.1 Å². The Labute approximate surface area is 132 Å². The Hall–Kier alpha value is -0.290. The highest BCUT2D eigenvalue weighted by molar-refractivity contribution is 6.22. The molecule has 0 radical (unpaired) electrons. The Morgan fingerprint density at radius 3 is 2.55 bits per heavy atom. The maximum Gasteiger partial charge on any atom is 0.254 e. The van der Waals surface area contributed by atoms with Crippen LogP contribution in [-0.4, -0.2) is 46.5 Å². The molecule has 0 unspecified atom stereocenters. The zero-order valence-electron chi connectivity index (χ0n) is 12.5. The van der Waals surface area contributed by atoms with E-state index in [9.17, 15) is 9.90 Å². The predicted molar refractivity (Wildman–Crippen MR) is 84.9 cm³/mol. The van der Waals surface area contributed by atoms with E-state index in [-0.39, 0.29) is 11.8 Å². The average Bonchev–Trinajstić information content (AvgIpc) is 2.47. The summed E-state index contributed by atoms with van der Waals surface area (Å²) in [6.07, 6.45) is 3.46. The molecule has 0 saturated heterocycles. The highest BCUT2D eigenvalue weighted by Crippen LogP contribution is 2.22. The SMILES string of the molecule is C=CCC[C@@H](C)C[C@@H]([C@H](O)CCl)N(Cl)C(=O)[C@H](C)NC. The number of hydrogen-bond donors (Lipinski definition) is 2. The number of rotatable bonds is 10. The van der Waals surface area contributed by atoms with Crippen LogP contribution in [0.5, 0.6) is 0 Å². The van der Waals surface area contributed by atoms with Crippen molar-refractivity contribution < 1.29 is 9.90 Å². The lowest BCUT2D eigenvalue weighted by Gasteiger charge is -2.32. The van der Waals surface area contributed by atoms with E-state index in [1.54, 1.807) is 14.0 Å². The molecule has 4 nitrogen and oxygen atoms in total. The van der Waals surface area contributed by atoms with Gasteiger partial charge in [-0.05, 0) is 39.2 Å². The van der Waals surface area contributed by atoms with Gasteiger partial charge >= 0.3 is 0 Å². The number of nitrogens with one attached hydrogen (secondary N) is 1. The van der Waals surface area contributed by atoms with E-state index >= 15 is 0 Å². The van der Waals surface area contributed by atoms with E-state index in [1.807, 2.05) is 6.08 Å². The minimum atomic E-state index is -0.839. The summed E-state index contributed by atoms with van der Waals surface area (Å²) in [5, 5.41) is 12.9. The molecule has 2 N–H and O–H groups in total. The Morgan fingerprint density at radius 2 is 2.10 bits per heavy atom. The summed E-state index contributed by atoms with van der Waals surface area (Å²) in [6.45, 7) is 7.48. The van der Waals surface area contributed by atoms with Crippen LogP contribution in [-0.2, 0) is 4.79 Å². The summed E-state index contributed by atoms with van der Waals surface area (Å²) in [5.41, 5.74) is 0. The molecule has 4 atom stereocenters. The standard InChI is InChI=1S/C14H26Cl2N2O2/c1-5-6-7-10(2)8-12(13(19)9-15)18(16)14(20)11(3)17-4/h5,10-13,17,19H,1,6-9H2,2-4H3/t10-,11+,12+,13-/m1/s1. The van der Waals surface area contributed by atoms with Gasteiger partial charge in [-0.3, -0.25) is 4.79 Å². The number of carbonyl (C=O) groups is 1. The van der Waals surface area contributed by atoms with Crippen LogP contribution in [0.1, 0.15) is 33.1 Å². The van der Waals surface area contributed by atoms with Crippen molar-refractivity contribution in [2.45, 2.75) is 51.3 Å². The quantitative estimate of drug-likeness (QED) is 0.369. The van der Waals surface area contributed by atoms with Gasteiger partial charge < -0.3 is 10.4 Å². The van der Waals surface area contributed by atoms with Gasteiger partial charge in [-0.15, -0.1) is 18.2 Å². The second-order valence-electron chi connectivity index (χ2n) is 5.16. The molecule has 0 saturated carbocycles. The smallest absolute Gasteiger partial charge is 0.254 e. The van der Waals surface area contributed by atoms with E-state index in [0.717, 1.165) is 17.3 Å². The topological polar surface area (TPSA) is 52.6 Å². The Bertz CT molecular complexity index is 303. The van der Waals surface area contributed by atoms with E-state index in [1.165, 1.54) is 0 Å². The van der Waals surface area contributed by atoms with Crippen molar-refractivity contribution in [1.82, 2.24) is 9.74 Å². The van der Waals surface area contributed by atoms with Crippen LogP contribution in [0.4, 0.5) is 0 Å². The highest BCUT2D eigenvalue weighted by Gasteiger charge is 2.31. The van der Waals surface area contributed by atoms with Gasteiger partial charge in [-0.25, -0.2) is 4.42 Å². The number of likely N-dealkylation sites (N-methyl/N-ethyl adjacent to an activating group) is 1. The molecule has 6 heteroatoms. The number of alkyl halides is 1. The first-order valence-electron chi connectivity index (χ1n) is 6.90.